The number of nitrogens with zero attached hydrogens (tertiary/aromatic N) is 1. The van der Waals surface area contributed by atoms with Crippen molar-refractivity contribution in [3.8, 4) is 0 Å². The first-order valence-corrected chi connectivity index (χ1v) is 8.26. The quantitative estimate of drug-likeness (QED) is 0.440. The molecule has 0 saturated heterocycles. The molecular formula is C18H26N4O3. The Labute approximate surface area is 147 Å². The van der Waals surface area contributed by atoms with Crippen LogP contribution in [0.3, 0.4) is 0 Å². The molecule has 7 nitrogen and oxygen atoms in total. The van der Waals surface area contributed by atoms with Gasteiger partial charge >= 0.3 is 6.09 Å². The van der Waals surface area contributed by atoms with E-state index in [1.807, 2.05) is 51.1 Å². The third-order valence-electron chi connectivity index (χ3n) is 3.22. The predicted molar refractivity (Wildman–Crippen MR) is 98.7 cm³/mol. The summed E-state index contributed by atoms with van der Waals surface area (Å²) in [6, 6.07) is 9.88. The number of nitrogens with one attached hydrogen (secondary N) is 3. The van der Waals surface area contributed by atoms with Gasteiger partial charge in [0.15, 0.2) is 5.96 Å². The maximum absolute atomic E-state index is 11.5. The second kappa shape index (κ2) is 8.41. The molecule has 1 amide bonds. The van der Waals surface area contributed by atoms with Gasteiger partial charge < -0.3 is 25.1 Å². The Hall–Kier alpha value is -2.70. The first-order chi connectivity index (χ1) is 11.9. The fourth-order valence-corrected chi connectivity index (χ4v) is 2.18. The highest BCUT2D eigenvalue weighted by molar-refractivity contribution is 5.80. The first kappa shape index (κ1) is 18.6. The van der Waals surface area contributed by atoms with Gasteiger partial charge in [-0.1, -0.05) is 18.2 Å². The van der Waals surface area contributed by atoms with Crippen LogP contribution in [0.15, 0.2) is 39.7 Å². The number of amides is 1. The van der Waals surface area contributed by atoms with E-state index in [9.17, 15) is 4.79 Å². The number of hydrogen-bond acceptors (Lipinski definition) is 4. The number of hydrogen-bond donors (Lipinski definition) is 3. The number of aliphatic imine (C=N–C) groups is 1. The molecule has 136 valence electrons. The Morgan fingerprint density at radius 3 is 2.56 bits per heavy atom. The van der Waals surface area contributed by atoms with Gasteiger partial charge in [-0.05, 0) is 32.9 Å². The van der Waals surface area contributed by atoms with Crippen LogP contribution in [-0.4, -0.2) is 37.8 Å². The number of ether oxygens (including phenoxy) is 1. The van der Waals surface area contributed by atoms with Gasteiger partial charge in [0, 0.05) is 25.5 Å². The summed E-state index contributed by atoms with van der Waals surface area (Å²) in [5, 5.41) is 10.1. The summed E-state index contributed by atoms with van der Waals surface area (Å²) in [6.07, 6.45) is -0.431. The molecule has 0 aliphatic carbocycles. The average molecular weight is 346 g/mol. The van der Waals surface area contributed by atoms with Crippen LogP contribution in [-0.2, 0) is 11.3 Å². The highest BCUT2D eigenvalue weighted by Gasteiger charge is 2.15. The molecule has 0 aliphatic rings. The number of para-hydroxylation sites is 1. The molecule has 7 heteroatoms. The Balaban J connectivity index is 1.71. The van der Waals surface area contributed by atoms with E-state index in [-0.39, 0.29) is 0 Å². The zero-order valence-corrected chi connectivity index (χ0v) is 15.2. The molecule has 1 heterocycles. The molecule has 0 atom stereocenters. The van der Waals surface area contributed by atoms with Gasteiger partial charge in [0.05, 0.1) is 6.54 Å². The van der Waals surface area contributed by atoms with Crippen LogP contribution in [0, 0.1) is 0 Å². The zero-order valence-electron chi connectivity index (χ0n) is 15.2. The van der Waals surface area contributed by atoms with Crippen LogP contribution in [0.25, 0.3) is 11.0 Å². The van der Waals surface area contributed by atoms with E-state index in [1.165, 1.54) is 0 Å². The summed E-state index contributed by atoms with van der Waals surface area (Å²) in [6.45, 7) is 6.96. The van der Waals surface area contributed by atoms with E-state index in [0.717, 1.165) is 16.7 Å². The molecule has 2 aromatic rings. The minimum atomic E-state index is -0.498. The van der Waals surface area contributed by atoms with Gasteiger partial charge in [-0.15, -0.1) is 0 Å². The van der Waals surface area contributed by atoms with E-state index in [0.29, 0.717) is 25.6 Å². The van der Waals surface area contributed by atoms with Gasteiger partial charge in [0.2, 0.25) is 0 Å². The predicted octanol–water partition coefficient (Wildman–Crippen LogP) is 2.62. The van der Waals surface area contributed by atoms with Gasteiger partial charge in [-0.25, -0.2) is 4.79 Å². The molecule has 3 N–H and O–H groups in total. The van der Waals surface area contributed by atoms with E-state index >= 15 is 0 Å². The molecular weight excluding hydrogens is 320 g/mol. The van der Waals surface area contributed by atoms with Crippen molar-refractivity contribution in [2.24, 2.45) is 4.99 Å². The van der Waals surface area contributed by atoms with Crippen LogP contribution in [0.5, 0.6) is 0 Å². The third kappa shape index (κ3) is 6.37. The van der Waals surface area contributed by atoms with Gasteiger partial charge in [0.25, 0.3) is 0 Å². The fourth-order valence-electron chi connectivity index (χ4n) is 2.18. The van der Waals surface area contributed by atoms with Crippen LogP contribution >= 0.6 is 0 Å². The number of fused-ring (bicyclic) bond motifs is 1. The Bertz CT molecular complexity index is 698. The number of carbonyl (C=O) groups is 1. The summed E-state index contributed by atoms with van der Waals surface area (Å²) in [5.74, 6) is 1.46. The lowest BCUT2D eigenvalue weighted by molar-refractivity contribution is 0.0529. The van der Waals surface area contributed by atoms with Crippen molar-refractivity contribution in [2.45, 2.75) is 32.9 Å². The average Bonchev–Trinajstić information content (AvgIpc) is 2.95. The largest absolute Gasteiger partial charge is 0.459 e. The van der Waals surface area contributed by atoms with Crippen LogP contribution < -0.4 is 16.0 Å². The normalized spacial score (nSPS) is 12.1. The maximum atomic E-state index is 11.5. The summed E-state index contributed by atoms with van der Waals surface area (Å²) in [5.41, 5.74) is 0.366. The molecule has 0 unspecified atom stereocenters. The Morgan fingerprint density at radius 2 is 1.88 bits per heavy atom. The molecule has 2 rings (SSSR count). The van der Waals surface area contributed by atoms with Crippen molar-refractivity contribution in [1.29, 1.82) is 0 Å². The summed E-state index contributed by atoms with van der Waals surface area (Å²) >= 11 is 0. The third-order valence-corrected chi connectivity index (χ3v) is 3.22. The van der Waals surface area contributed by atoms with Crippen molar-refractivity contribution >= 4 is 23.0 Å². The Kier molecular flexibility index (Phi) is 6.27. The smallest absolute Gasteiger partial charge is 0.407 e. The highest BCUT2D eigenvalue weighted by atomic mass is 16.6. The SMILES string of the molecule is CN=C(NCCNC(=O)OC(C)(C)C)NCc1cc2ccccc2o1. The standard InChI is InChI=1S/C18H26N4O3/c1-18(2,3)25-17(23)21-10-9-20-16(19-4)22-12-14-11-13-7-5-6-8-15(13)24-14/h5-8,11H,9-10,12H2,1-4H3,(H,21,23)(H2,19,20,22). The first-order valence-electron chi connectivity index (χ1n) is 8.26. The molecule has 0 spiro atoms. The van der Waals surface area contributed by atoms with E-state index in [1.54, 1.807) is 7.05 Å². The van der Waals surface area contributed by atoms with Crippen LogP contribution in [0.1, 0.15) is 26.5 Å². The number of guanidine groups is 1. The number of rotatable bonds is 5. The molecule has 1 aromatic heterocycles. The second-order valence-corrected chi connectivity index (χ2v) is 6.53. The molecule has 0 fully saturated rings. The van der Waals surface area contributed by atoms with Gasteiger partial charge in [-0.2, -0.15) is 0 Å². The minimum Gasteiger partial charge on any atom is -0.459 e. The van der Waals surface area contributed by atoms with E-state index in [4.69, 9.17) is 9.15 Å². The number of carbonyl (C=O) groups excluding carboxylic acids is 1. The van der Waals surface area contributed by atoms with Crippen molar-refractivity contribution < 1.29 is 13.9 Å². The summed E-state index contributed by atoms with van der Waals surface area (Å²) in [4.78, 5) is 15.7. The fraction of sp³-hybridized carbons (Fsp3) is 0.444. The Morgan fingerprint density at radius 1 is 1.16 bits per heavy atom. The monoisotopic (exact) mass is 346 g/mol. The number of furan rings is 1. The molecule has 0 saturated carbocycles. The molecule has 0 radical (unpaired) electrons. The molecule has 25 heavy (non-hydrogen) atoms. The number of benzene rings is 1. The van der Waals surface area contributed by atoms with Crippen LogP contribution in [0.4, 0.5) is 4.79 Å². The maximum Gasteiger partial charge on any atom is 0.407 e. The topological polar surface area (TPSA) is 87.9 Å². The second-order valence-electron chi connectivity index (χ2n) is 6.53. The number of alkyl carbamates (subject to hydrolysis) is 1. The lowest BCUT2D eigenvalue weighted by Gasteiger charge is -2.19. The van der Waals surface area contributed by atoms with E-state index in [2.05, 4.69) is 20.9 Å². The minimum absolute atomic E-state index is 0.431. The van der Waals surface area contributed by atoms with Crippen molar-refractivity contribution in [1.82, 2.24) is 16.0 Å². The molecule has 0 bridgehead atoms. The van der Waals surface area contributed by atoms with Crippen molar-refractivity contribution in [3.05, 3.63) is 36.1 Å². The van der Waals surface area contributed by atoms with E-state index < -0.39 is 11.7 Å². The van der Waals surface area contributed by atoms with Gasteiger partial charge in [0.1, 0.15) is 16.9 Å². The summed E-state index contributed by atoms with van der Waals surface area (Å²) in [7, 11) is 1.69. The molecule has 1 aromatic carbocycles. The van der Waals surface area contributed by atoms with Crippen molar-refractivity contribution in [3.63, 3.8) is 0 Å². The molecule has 0 aliphatic heterocycles. The summed E-state index contributed by atoms with van der Waals surface area (Å²) < 4.78 is 10.9. The van der Waals surface area contributed by atoms with Crippen molar-refractivity contribution in [2.75, 3.05) is 20.1 Å². The zero-order chi connectivity index (χ0) is 18.3. The van der Waals surface area contributed by atoms with Gasteiger partial charge in [-0.3, -0.25) is 4.99 Å². The van der Waals surface area contributed by atoms with Crippen LogP contribution in [0.2, 0.25) is 0 Å². The lowest BCUT2D eigenvalue weighted by atomic mass is 10.2. The highest BCUT2D eigenvalue weighted by Crippen LogP contribution is 2.18. The lowest BCUT2D eigenvalue weighted by Crippen LogP contribution is -2.42.